The van der Waals surface area contributed by atoms with Crippen molar-refractivity contribution in [2.24, 2.45) is 5.92 Å². The summed E-state index contributed by atoms with van der Waals surface area (Å²) in [6, 6.07) is 7.82. The summed E-state index contributed by atoms with van der Waals surface area (Å²) in [5.41, 5.74) is 0.333. The van der Waals surface area contributed by atoms with E-state index in [1.165, 1.54) is 4.88 Å². The second-order valence-electron chi connectivity index (χ2n) is 5.04. The summed E-state index contributed by atoms with van der Waals surface area (Å²) < 4.78 is 0. The number of carbonyl (C=O) groups excluding carboxylic acids is 1. The molecule has 112 valence electrons. The predicted octanol–water partition coefficient (Wildman–Crippen LogP) is 3.10. The molecule has 0 aliphatic heterocycles. The minimum atomic E-state index is -0.199. The van der Waals surface area contributed by atoms with Crippen molar-refractivity contribution in [2.75, 3.05) is 11.9 Å². The van der Waals surface area contributed by atoms with Gasteiger partial charge in [-0.2, -0.15) is 0 Å². The second-order valence-corrected chi connectivity index (χ2v) is 6.02. The summed E-state index contributed by atoms with van der Waals surface area (Å²) in [6.45, 7) is 6.77. The van der Waals surface area contributed by atoms with Gasteiger partial charge in [-0.25, -0.2) is 0 Å². The number of rotatable bonds is 6. The Bertz CT molecular complexity index is 566. The quantitative estimate of drug-likeness (QED) is 0.860. The lowest BCUT2D eigenvalue weighted by Crippen LogP contribution is -2.24. The Hall–Kier alpha value is -1.95. The van der Waals surface area contributed by atoms with E-state index in [9.17, 15) is 4.79 Å². The summed E-state index contributed by atoms with van der Waals surface area (Å²) in [7, 11) is 0. The fourth-order valence-electron chi connectivity index (χ4n) is 1.98. The first-order valence-electron chi connectivity index (χ1n) is 7.03. The number of thiophene rings is 1. The van der Waals surface area contributed by atoms with Crippen LogP contribution in [0.25, 0.3) is 0 Å². The molecule has 0 saturated heterocycles. The number of carbonyl (C=O) groups is 1. The Morgan fingerprint density at radius 3 is 2.62 bits per heavy atom. The molecule has 2 aromatic rings. The minimum Gasteiger partial charge on any atom is -0.361 e. The molecule has 2 heterocycles. The van der Waals surface area contributed by atoms with Crippen LogP contribution in [0.15, 0.2) is 29.6 Å². The first-order valence-corrected chi connectivity index (χ1v) is 7.91. The molecule has 1 unspecified atom stereocenters. The van der Waals surface area contributed by atoms with Gasteiger partial charge >= 0.3 is 0 Å². The van der Waals surface area contributed by atoms with Gasteiger partial charge in [-0.1, -0.05) is 19.9 Å². The SMILES string of the molecule is CCNC(=O)c1ccc(NC(c2cccs2)C(C)C)nn1. The number of nitrogens with zero attached hydrogens (tertiary/aromatic N) is 2. The van der Waals surface area contributed by atoms with Crippen LogP contribution in [-0.2, 0) is 0 Å². The molecule has 21 heavy (non-hydrogen) atoms. The largest absolute Gasteiger partial charge is 0.361 e. The van der Waals surface area contributed by atoms with Crippen molar-refractivity contribution in [1.29, 1.82) is 0 Å². The third-order valence-electron chi connectivity index (χ3n) is 3.05. The summed E-state index contributed by atoms with van der Waals surface area (Å²) >= 11 is 1.72. The van der Waals surface area contributed by atoms with E-state index in [-0.39, 0.29) is 11.9 Å². The second kappa shape index (κ2) is 7.17. The molecule has 0 aliphatic rings. The average molecular weight is 304 g/mol. The molecule has 0 fully saturated rings. The highest BCUT2D eigenvalue weighted by atomic mass is 32.1. The Balaban J connectivity index is 2.10. The zero-order chi connectivity index (χ0) is 15.2. The van der Waals surface area contributed by atoms with Crippen LogP contribution in [0.1, 0.15) is 42.2 Å². The first kappa shape index (κ1) is 15.4. The van der Waals surface area contributed by atoms with Crippen LogP contribution in [0.2, 0.25) is 0 Å². The van der Waals surface area contributed by atoms with Crippen LogP contribution in [0.3, 0.4) is 0 Å². The molecule has 0 radical (unpaired) electrons. The topological polar surface area (TPSA) is 66.9 Å². The fraction of sp³-hybridized carbons (Fsp3) is 0.400. The lowest BCUT2D eigenvalue weighted by Gasteiger charge is -2.21. The molecule has 5 nitrogen and oxygen atoms in total. The van der Waals surface area contributed by atoms with Crippen molar-refractivity contribution in [3.8, 4) is 0 Å². The highest BCUT2D eigenvalue weighted by Gasteiger charge is 2.17. The zero-order valence-corrected chi connectivity index (χ0v) is 13.3. The molecule has 2 aromatic heterocycles. The van der Waals surface area contributed by atoms with Gasteiger partial charge in [0.25, 0.3) is 5.91 Å². The number of nitrogens with one attached hydrogen (secondary N) is 2. The summed E-state index contributed by atoms with van der Waals surface area (Å²) in [4.78, 5) is 12.9. The Kier molecular flexibility index (Phi) is 5.27. The van der Waals surface area contributed by atoms with E-state index in [0.717, 1.165) is 0 Å². The minimum absolute atomic E-state index is 0.189. The molecular formula is C15H20N4OS. The smallest absolute Gasteiger partial charge is 0.271 e. The van der Waals surface area contributed by atoms with E-state index >= 15 is 0 Å². The van der Waals surface area contributed by atoms with Gasteiger partial charge in [0.1, 0.15) is 5.82 Å². The summed E-state index contributed by atoms with van der Waals surface area (Å²) in [6.07, 6.45) is 0. The molecule has 0 bridgehead atoms. The Morgan fingerprint density at radius 2 is 2.10 bits per heavy atom. The molecule has 0 aliphatic carbocycles. The van der Waals surface area contributed by atoms with Crippen LogP contribution in [0, 0.1) is 5.92 Å². The predicted molar refractivity (Wildman–Crippen MR) is 85.6 cm³/mol. The van der Waals surface area contributed by atoms with Gasteiger partial charge < -0.3 is 10.6 Å². The standard InChI is InChI=1S/C15H20N4OS/c1-4-16-15(20)11-7-8-13(19-18-11)17-14(10(2)3)12-6-5-9-21-12/h5-10,14H,4H2,1-3H3,(H,16,20)(H,17,19). The molecule has 0 spiro atoms. The summed E-state index contributed by atoms with van der Waals surface area (Å²) in [5.74, 6) is 0.902. The number of amides is 1. The van der Waals surface area contributed by atoms with Crippen molar-refractivity contribution in [2.45, 2.75) is 26.8 Å². The normalized spacial score (nSPS) is 12.2. The third kappa shape index (κ3) is 4.01. The first-order chi connectivity index (χ1) is 10.1. The fourth-order valence-corrected chi connectivity index (χ4v) is 2.92. The van der Waals surface area contributed by atoms with Gasteiger partial charge in [-0.05, 0) is 36.4 Å². The van der Waals surface area contributed by atoms with E-state index in [1.807, 2.05) is 13.0 Å². The van der Waals surface area contributed by atoms with Crippen molar-refractivity contribution >= 4 is 23.1 Å². The van der Waals surface area contributed by atoms with Crippen molar-refractivity contribution in [3.05, 3.63) is 40.2 Å². The molecule has 0 aromatic carbocycles. The maximum atomic E-state index is 11.6. The van der Waals surface area contributed by atoms with E-state index in [2.05, 4.69) is 46.1 Å². The van der Waals surface area contributed by atoms with Crippen molar-refractivity contribution in [3.63, 3.8) is 0 Å². The molecule has 1 atom stereocenters. The maximum Gasteiger partial charge on any atom is 0.271 e. The number of anilines is 1. The molecule has 6 heteroatoms. The molecule has 0 saturated carbocycles. The molecule has 1 amide bonds. The monoisotopic (exact) mass is 304 g/mol. The third-order valence-corrected chi connectivity index (χ3v) is 4.01. The highest BCUT2D eigenvalue weighted by molar-refractivity contribution is 7.10. The number of aromatic nitrogens is 2. The number of hydrogen-bond acceptors (Lipinski definition) is 5. The van der Waals surface area contributed by atoms with Gasteiger partial charge in [-0.3, -0.25) is 4.79 Å². The van der Waals surface area contributed by atoms with Gasteiger partial charge in [0, 0.05) is 11.4 Å². The van der Waals surface area contributed by atoms with E-state index in [1.54, 1.807) is 23.5 Å². The molecular weight excluding hydrogens is 284 g/mol. The van der Waals surface area contributed by atoms with E-state index in [0.29, 0.717) is 24.0 Å². The van der Waals surface area contributed by atoms with Gasteiger partial charge in [-0.15, -0.1) is 21.5 Å². The van der Waals surface area contributed by atoms with Crippen LogP contribution < -0.4 is 10.6 Å². The maximum absolute atomic E-state index is 11.6. The lowest BCUT2D eigenvalue weighted by atomic mass is 10.0. The van der Waals surface area contributed by atoms with E-state index < -0.39 is 0 Å². The molecule has 2 N–H and O–H groups in total. The zero-order valence-electron chi connectivity index (χ0n) is 12.5. The number of hydrogen-bond donors (Lipinski definition) is 2. The van der Waals surface area contributed by atoms with Crippen LogP contribution >= 0.6 is 11.3 Å². The van der Waals surface area contributed by atoms with Crippen molar-refractivity contribution in [1.82, 2.24) is 15.5 Å². The highest BCUT2D eigenvalue weighted by Crippen LogP contribution is 2.28. The van der Waals surface area contributed by atoms with Crippen LogP contribution in [-0.4, -0.2) is 22.6 Å². The van der Waals surface area contributed by atoms with Crippen LogP contribution in [0.5, 0.6) is 0 Å². The Labute approximate surface area is 128 Å². The van der Waals surface area contributed by atoms with Gasteiger partial charge in [0.2, 0.25) is 0 Å². The lowest BCUT2D eigenvalue weighted by molar-refractivity contribution is 0.0950. The van der Waals surface area contributed by atoms with Crippen molar-refractivity contribution < 1.29 is 4.79 Å². The van der Waals surface area contributed by atoms with Crippen LogP contribution in [0.4, 0.5) is 5.82 Å². The summed E-state index contributed by atoms with van der Waals surface area (Å²) in [5, 5.41) is 16.2. The average Bonchev–Trinajstić information content (AvgIpc) is 2.99. The van der Waals surface area contributed by atoms with Gasteiger partial charge in [0.05, 0.1) is 6.04 Å². The molecule has 2 rings (SSSR count). The van der Waals surface area contributed by atoms with Gasteiger partial charge in [0.15, 0.2) is 5.69 Å². The van der Waals surface area contributed by atoms with E-state index in [4.69, 9.17) is 0 Å². The Morgan fingerprint density at radius 1 is 1.29 bits per heavy atom.